The lowest BCUT2D eigenvalue weighted by molar-refractivity contribution is 0.243. The number of aromatic nitrogens is 2. The molecule has 1 saturated heterocycles. The fraction of sp³-hybridized carbons (Fsp3) is 0.391. The van der Waals surface area contributed by atoms with E-state index in [4.69, 9.17) is 0 Å². The highest BCUT2D eigenvalue weighted by Gasteiger charge is 2.26. The van der Waals surface area contributed by atoms with Crippen LogP contribution in [0.25, 0.3) is 11.0 Å². The third-order valence-electron chi connectivity index (χ3n) is 5.77. The molecule has 1 atom stereocenters. The largest absolute Gasteiger partial charge is 0.368 e. The van der Waals surface area contributed by atoms with Crippen LogP contribution in [0.5, 0.6) is 0 Å². The topological polar surface area (TPSA) is 53.4 Å². The molecule has 1 aliphatic heterocycles. The Bertz CT molecular complexity index is 966. The van der Waals surface area contributed by atoms with Gasteiger partial charge in [-0.3, -0.25) is 4.57 Å². The molecule has 2 aromatic carbocycles. The first-order valence-electron chi connectivity index (χ1n) is 10.3. The quantitative estimate of drug-likeness (QED) is 0.655. The van der Waals surface area contributed by atoms with Gasteiger partial charge in [0.25, 0.3) is 0 Å². The van der Waals surface area contributed by atoms with Crippen LogP contribution in [0.1, 0.15) is 18.4 Å². The zero-order valence-corrected chi connectivity index (χ0v) is 17.2. The van der Waals surface area contributed by atoms with Gasteiger partial charge in [-0.05, 0) is 51.1 Å². The Morgan fingerprint density at radius 2 is 2.00 bits per heavy atom. The molecule has 0 bridgehead atoms. The van der Waals surface area contributed by atoms with Gasteiger partial charge in [-0.25, -0.2) is 9.78 Å². The highest BCUT2D eigenvalue weighted by molar-refractivity contribution is 5.95. The number of nitrogens with one attached hydrogen (secondary N) is 1. The van der Waals surface area contributed by atoms with E-state index in [1.165, 1.54) is 5.56 Å². The average Bonchev–Trinajstić information content (AvgIpc) is 3.39. The first kappa shape index (κ1) is 19.5. The molecule has 2 heterocycles. The van der Waals surface area contributed by atoms with Gasteiger partial charge in [0.05, 0.1) is 11.2 Å². The molecule has 0 saturated carbocycles. The van der Waals surface area contributed by atoms with Gasteiger partial charge in [-0.1, -0.05) is 36.4 Å². The van der Waals surface area contributed by atoms with Crippen molar-refractivity contribution >= 4 is 22.8 Å². The van der Waals surface area contributed by atoms with Crippen molar-refractivity contribution in [2.75, 3.05) is 38.6 Å². The fourth-order valence-electron chi connectivity index (χ4n) is 4.04. The summed E-state index contributed by atoms with van der Waals surface area (Å²) in [6.07, 6.45) is 4.65. The third kappa shape index (κ3) is 4.27. The molecule has 1 amide bonds. The Balaban J connectivity index is 1.41. The molecule has 0 radical (unpaired) electrons. The Kier molecular flexibility index (Phi) is 5.81. The second kappa shape index (κ2) is 8.66. The second-order valence-corrected chi connectivity index (χ2v) is 7.93. The van der Waals surface area contributed by atoms with E-state index in [0.717, 1.165) is 49.1 Å². The van der Waals surface area contributed by atoms with Crippen molar-refractivity contribution < 1.29 is 4.79 Å². The molecule has 0 spiro atoms. The molecule has 29 heavy (non-hydrogen) atoms. The molecule has 4 rings (SSSR count). The van der Waals surface area contributed by atoms with Crippen LogP contribution in [0.15, 0.2) is 54.9 Å². The van der Waals surface area contributed by atoms with Crippen LogP contribution >= 0.6 is 0 Å². The Hall–Kier alpha value is -2.86. The number of likely N-dealkylation sites (N-methyl/N-ethyl adjacent to an activating group) is 1. The molecular formula is C23H29N5O. The molecule has 1 unspecified atom stereocenters. The third-order valence-corrected chi connectivity index (χ3v) is 5.77. The lowest BCUT2D eigenvalue weighted by Gasteiger charge is -2.22. The summed E-state index contributed by atoms with van der Waals surface area (Å²) in [6.45, 7) is 2.65. The number of benzene rings is 2. The molecule has 0 aliphatic carbocycles. The van der Waals surface area contributed by atoms with E-state index in [1.54, 1.807) is 10.9 Å². The summed E-state index contributed by atoms with van der Waals surface area (Å²) in [6, 6.07) is 16.9. The zero-order chi connectivity index (χ0) is 20.2. The summed E-state index contributed by atoms with van der Waals surface area (Å²) in [5.74, 6) is 0. The van der Waals surface area contributed by atoms with Crippen molar-refractivity contribution in [2.45, 2.75) is 25.3 Å². The molecule has 3 aromatic rings. The number of imidazole rings is 1. The van der Waals surface area contributed by atoms with Crippen molar-refractivity contribution in [3.05, 3.63) is 60.4 Å². The van der Waals surface area contributed by atoms with Crippen molar-refractivity contribution in [1.82, 2.24) is 19.8 Å². The lowest BCUT2D eigenvalue weighted by Crippen LogP contribution is -2.31. The zero-order valence-electron chi connectivity index (χ0n) is 17.2. The van der Waals surface area contributed by atoms with E-state index in [9.17, 15) is 4.79 Å². The van der Waals surface area contributed by atoms with Crippen molar-refractivity contribution in [3.8, 4) is 0 Å². The van der Waals surface area contributed by atoms with Gasteiger partial charge in [0.2, 0.25) is 0 Å². The van der Waals surface area contributed by atoms with Crippen LogP contribution in [0, 0.1) is 0 Å². The molecule has 6 nitrogen and oxygen atoms in total. The summed E-state index contributed by atoms with van der Waals surface area (Å²) in [5.41, 5.74) is 4.16. The SMILES string of the molecule is CN(C)C1CCN(c2cccc3c2ncn3C(=O)NCCCc2ccccc2)C1. The number of carbonyl (C=O) groups is 1. The van der Waals surface area contributed by atoms with Crippen LogP contribution in [0.4, 0.5) is 10.5 Å². The first-order valence-corrected chi connectivity index (χ1v) is 10.3. The van der Waals surface area contributed by atoms with Crippen molar-refractivity contribution in [3.63, 3.8) is 0 Å². The summed E-state index contributed by atoms with van der Waals surface area (Å²) in [4.78, 5) is 21.9. The minimum Gasteiger partial charge on any atom is -0.368 e. The molecule has 1 aromatic heterocycles. The molecular weight excluding hydrogens is 362 g/mol. The minimum absolute atomic E-state index is 0.120. The van der Waals surface area contributed by atoms with Gasteiger partial charge in [0, 0.05) is 25.7 Å². The van der Waals surface area contributed by atoms with E-state index < -0.39 is 0 Å². The number of anilines is 1. The van der Waals surface area contributed by atoms with E-state index >= 15 is 0 Å². The molecule has 152 valence electrons. The summed E-state index contributed by atoms with van der Waals surface area (Å²) in [7, 11) is 4.26. The first-order chi connectivity index (χ1) is 14.1. The molecule has 1 fully saturated rings. The number of hydrogen-bond donors (Lipinski definition) is 1. The molecule has 1 aliphatic rings. The van der Waals surface area contributed by atoms with Crippen LogP contribution in [0.2, 0.25) is 0 Å². The van der Waals surface area contributed by atoms with Crippen molar-refractivity contribution in [2.24, 2.45) is 0 Å². The van der Waals surface area contributed by atoms with Gasteiger partial charge >= 0.3 is 6.03 Å². The van der Waals surface area contributed by atoms with Crippen LogP contribution in [-0.4, -0.2) is 60.3 Å². The highest BCUT2D eigenvalue weighted by atomic mass is 16.2. The van der Waals surface area contributed by atoms with Gasteiger partial charge < -0.3 is 15.1 Å². The highest BCUT2D eigenvalue weighted by Crippen LogP contribution is 2.29. The number of para-hydroxylation sites is 1. The Morgan fingerprint density at radius 3 is 2.76 bits per heavy atom. The Morgan fingerprint density at radius 1 is 1.17 bits per heavy atom. The second-order valence-electron chi connectivity index (χ2n) is 7.93. The Labute approximate surface area is 172 Å². The standard InChI is InChI=1S/C23H29N5O/c1-26(2)19-13-15-27(16-19)20-11-6-12-21-22(20)25-17-28(21)23(29)24-14-7-10-18-8-4-3-5-9-18/h3-6,8-9,11-12,17,19H,7,10,13-16H2,1-2H3,(H,24,29). The maximum Gasteiger partial charge on any atom is 0.327 e. The number of nitrogens with zero attached hydrogens (tertiary/aromatic N) is 4. The van der Waals surface area contributed by atoms with E-state index in [0.29, 0.717) is 12.6 Å². The number of amides is 1. The number of hydrogen-bond acceptors (Lipinski definition) is 4. The molecule has 6 heteroatoms. The minimum atomic E-state index is -0.120. The smallest absolute Gasteiger partial charge is 0.327 e. The van der Waals surface area contributed by atoms with Gasteiger partial charge in [-0.15, -0.1) is 0 Å². The van der Waals surface area contributed by atoms with E-state index in [2.05, 4.69) is 52.4 Å². The van der Waals surface area contributed by atoms with Crippen LogP contribution < -0.4 is 10.2 Å². The predicted octanol–water partition coefficient (Wildman–Crippen LogP) is 3.37. The number of rotatable bonds is 6. The lowest BCUT2D eigenvalue weighted by atomic mass is 10.1. The maximum absolute atomic E-state index is 12.7. The average molecular weight is 392 g/mol. The summed E-state index contributed by atoms with van der Waals surface area (Å²) >= 11 is 0. The number of carbonyl (C=O) groups excluding carboxylic acids is 1. The normalized spacial score (nSPS) is 16.7. The number of aryl methyl sites for hydroxylation is 1. The summed E-state index contributed by atoms with van der Waals surface area (Å²) in [5, 5.41) is 3.02. The van der Waals surface area contributed by atoms with Gasteiger partial charge in [0.1, 0.15) is 11.8 Å². The van der Waals surface area contributed by atoms with Gasteiger partial charge in [0.15, 0.2) is 0 Å². The van der Waals surface area contributed by atoms with E-state index in [1.807, 2.05) is 30.3 Å². The maximum atomic E-state index is 12.7. The molecule has 1 N–H and O–H groups in total. The van der Waals surface area contributed by atoms with E-state index in [-0.39, 0.29) is 6.03 Å². The van der Waals surface area contributed by atoms with Crippen LogP contribution in [-0.2, 0) is 6.42 Å². The van der Waals surface area contributed by atoms with Gasteiger partial charge in [-0.2, -0.15) is 0 Å². The number of fused-ring (bicyclic) bond motifs is 1. The van der Waals surface area contributed by atoms with Crippen molar-refractivity contribution in [1.29, 1.82) is 0 Å². The van der Waals surface area contributed by atoms with Crippen LogP contribution in [0.3, 0.4) is 0 Å². The predicted molar refractivity (Wildman–Crippen MR) is 118 cm³/mol. The summed E-state index contributed by atoms with van der Waals surface area (Å²) < 4.78 is 1.63. The fourth-order valence-corrected chi connectivity index (χ4v) is 4.04. The monoisotopic (exact) mass is 391 g/mol.